The number of fused-ring (bicyclic) bond motifs is 2. The van der Waals surface area contributed by atoms with Gasteiger partial charge in [0.2, 0.25) is 0 Å². The molecule has 0 aromatic carbocycles. The van der Waals surface area contributed by atoms with Crippen molar-refractivity contribution in [2.24, 2.45) is 10.8 Å². The number of rotatable bonds is 6. The van der Waals surface area contributed by atoms with Crippen LogP contribution in [0, 0.1) is 10.8 Å². The summed E-state index contributed by atoms with van der Waals surface area (Å²) < 4.78 is 0. The Balaban J connectivity index is 1.96. The average molecular weight is 204 g/mol. The predicted molar refractivity (Wildman–Crippen MR) is 66.8 cm³/mol. The molecule has 2 rings (SSSR count). The van der Waals surface area contributed by atoms with Crippen molar-refractivity contribution in [3.8, 4) is 0 Å². The first-order chi connectivity index (χ1) is 7.24. The van der Waals surface area contributed by atoms with Gasteiger partial charge < -0.3 is 0 Å². The molecule has 0 aliphatic heterocycles. The molecule has 0 atom stereocenters. The highest BCUT2D eigenvalue weighted by atomic mass is 14.5. The van der Waals surface area contributed by atoms with Gasteiger partial charge in [-0.3, -0.25) is 0 Å². The van der Waals surface area contributed by atoms with Crippen LogP contribution in [0.15, 0.2) is 24.3 Å². The summed E-state index contributed by atoms with van der Waals surface area (Å²) >= 11 is 0. The van der Waals surface area contributed by atoms with Crippen LogP contribution in [-0.4, -0.2) is 0 Å². The van der Waals surface area contributed by atoms with Crippen molar-refractivity contribution in [2.45, 2.75) is 58.8 Å². The molecule has 0 saturated carbocycles. The molecule has 84 valence electrons. The maximum absolute atomic E-state index is 2.50. The number of unbranched alkanes of at least 4 members (excludes halogenated alkanes) is 2. The largest absolute Gasteiger partial charge is 0.0776 e. The van der Waals surface area contributed by atoms with Gasteiger partial charge in [-0.2, -0.15) is 0 Å². The minimum atomic E-state index is 0.462. The van der Waals surface area contributed by atoms with Crippen molar-refractivity contribution in [2.75, 3.05) is 0 Å². The fraction of sp³-hybridized carbons (Fsp3) is 0.733. The Kier molecular flexibility index (Phi) is 3.04. The van der Waals surface area contributed by atoms with E-state index in [1.807, 2.05) is 0 Å². The molecule has 0 N–H and O–H groups in total. The highest BCUT2D eigenvalue weighted by Crippen LogP contribution is 2.56. The summed E-state index contributed by atoms with van der Waals surface area (Å²) in [7, 11) is 0. The van der Waals surface area contributed by atoms with Crippen molar-refractivity contribution >= 4 is 0 Å². The number of hydrogen-bond donors (Lipinski definition) is 0. The zero-order valence-corrected chi connectivity index (χ0v) is 10.3. The minimum Gasteiger partial charge on any atom is -0.0776 e. The molecule has 2 aliphatic carbocycles. The van der Waals surface area contributed by atoms with Crippen LogP contribution >= 0.6 is 0 Å². The Morgan fingerprint density at radius 1 is 0.800 bits per heavy atom. The second-order valence-corrected chi connectivity index (χ2v) is 5.52. The Morgan fingerprint density at radius 3 is 1.53 bits per heavy atom. The van der Waals surface area contributed by atoms with Gasteiger partial charge in [-0.25, -0.2) is 0 Å². The molecule has 0 amide bonds. The van der Waals surface area contributed by atoms with Crippen LogP contribution in [0.2, 0.25) is 0 Å². The van der Waals surface area contributed by atoms with Gasteiger partial charge in [-0.05, 0) is 19.3 Å². The second kappa shape index (κ2) is 4.15. The molecule has 2 bridgehead atoms. The van der Waals surface area contributed by atoms with E-state index in [-0.39, 0.29) is 0 Å². The van der Waals surface area contributed by atoms with Crippen molar-refractivity contribution in [3.05, 3.63) is 24.3 Å². The number of hydrogen-bond acceptors (Lipinski definition) is 0. The van der Waals surface area contributed by atoms with E-state index < -0.39 is 0 Å². The first-order valence-corrected chi connectivity index (χ1v) is 6.65. The Morgan fingerprint density at radius 2 is 1.20 bits per heavy atom. The Hall–Kier alpha value is -0.520. The van der Waals surface area contributed by atoms with E-state index in [1.165, 1.54) is 44.9 Å². The maximum atomic E-state index is 2.50. The van der Waals surface area contributed by atoms with Gasteiger partial charge >= 0.3 is 0 Å². The summed E-state index contributed by atoms with van der Waals surface area (Å²) in [6.07, 6.45) is 19.5. The summed E-state index contributed by atoms with van der Waals surface area (Å²) in [5.74, 6) is 0. The highest BCUT2D eigenvalue weighted by Gasteiger charge is 2.44. The van der Waals surface area contributed by atoms with Gasteiger partial charge in [0.25, 0.3) is 0 Å². The van der Waals surface area contributed by atoms with E-state index in [2.05, 4.69) is 38.2 Å². The zero-order chi connectivity index (χ0) is 10.8. The second-order valence-electron chi connectivity index (χ2n) is 5.52. The molecular weight excluding hydrogens is 180 g/mol. The van der Waals surface area contributed by atoms with Crippen LogP contribution in [0.25, 0.3) is 0 Å². The summed E-state index contributed by atoms with van der Waals surface area (Å²) in [6.45, 7) is 4.58. The molecular formula is C15H24. The molecule has 0 heterocycles. The highest BCUT2D eigenvalue weighted by molar-refractivity contribution is 5.34. The van der Waals surface area contributed by atoms with Crippen molar-refractivity contribution in [1.29, 1.82) is 0 Å². The third-order valence-corrected chi connectivity index (χ3v) is 4.14. The lowest BCUT2D eigenvalue weighted by molar-refractivity contribution is 0.341. The average Bonchev–Trinajstić information content (AvgIpc) is 2.80. The van der Waals surface area contributed by atoms with Crippen LogP contribution in [0.4, 0.5) is 0 Å². The lowest BCUT2D eigenvalue weighted by atomic mass is 9.80. The Bertz CT molecular complexity index is 230. The van der Waals surface area contributed by atoms with Gasteiger partial charge in [-0.1, -0.05) is 63.8 Å². The van der Waals surface area contributed by atoms with E-state index in [0.717, 1.165) is 0 Å². The topological polar surface area (TPSA) is 0 Å². The molecule has 0 saturated heterocycles. The van der Waals surface area contributed by atoms with Crippen molar-refractivity contribution in [3.63, 3.8) is 0 Å². The third kappa shape index (κ3) is 2.04. The van der Waals surface area contributed by atoms with E-state index in [9.17, 15) is 0 Å². The molecule has 0 spiro atoms. The van der Waals surface area contributed by atoms with E-state index in [4.69, 9.17) is 0 Å². The minimum absolute atomic E-state index is 0.462. The summed E-state index contributed by atoms with van der Waals surface area (Å²) in [5, 5.41) is 0. The quantitative estimate of drug-likeness (QED) is 0.541. The zero-order valence-electron chi connectivity index (χ0n) is 10.3. The van der Waals surface area contributed by atoms with Gasteiger partial charge in [0.15, 0.2) is 0 Å². The van der Waals surface area contributed by atoms with Crippen LogP contribution < -0.4 is 0 Å². The van der Waals surface area contributed by atoms with Gasteiger partial charge in [0, 0.05) is 10.8 Å². The van der Waals surface area contributed by atoms with E-state index in [0.29, 0.717) is 10.8 Å². The molecule has 2 aliphatic rings. The van der Waals surface area contributed by atoms with Gasteiger partial charge in [0.1, 0.15) is 0 Å². The van der Waals surface area contributed by atoms with Gasteiger partial charge in [0.05, 0.1) is 0 Å². The molecule has 0 radical (unpaired) electrons. The van der Waals surface area contributed by atoms with Crippen molar-refractivity contribution in [1.82, 2.24) is 0 Å². The van der Waals surface area contributed by atoms with E-state index >= 15 is 0 Å². The van der Waals surface area contributed by atoms with Crippen LogP contribution in [0.1, 0.15) is 58.8 Å². The SMILES string of the molecule is CCCCC12C=CC(CCCC)(C=C1)C2. The molecule has 0 aromatic heterocycles. The smallest absolute Gasteiger partial charge is 0.00728 e. The lowest BCUT2D eigenvalue weighted by Gasteiger charge is -2.23. The lowest BCUT2D eigenvalue weighted by Crippen LogP contribution is -2.13. The monoisotopic (exact) mass is 204 g/mol. The summed E-state index contributed by atoms with van der Waals surface area (Å²) in [4.78, 5) is 0. The fourth-order valence-electron chi connectivity index (χ4n) is 3.15. The summed E-state index contributed by atoms with van der Waals surface area (Å²) in [5.41, 5.74) is 0.924. The first kappa shape index (κ1) is 11.0. The maximum Gasteiger partial charge on any atom is 0.00728 e. The molecule has 15 heavy (non-hydrogen) atoms. The predicted octanol–water partition coefficient (Wildman–Crippen LogP) is 4.87. The summed E-state index contributed by atoms with van der Waals surface area (Å²) in [6, 6.07) is 0. The molecule has 0 nitrogen and oxygen atoms in total. The fourth-order valence-corrected chi connectivity index (χ4v) is 3.15. The standard InChI is InChI=1S/C15H24/c1-3-5-7-14-9-11-15(13-14,12-10-14)8-6-4-2/h9-12H,3-8,13H2,1-2H3. The van der Waals surface area contributed by atoms with Crippen LogP contribution in [0.3, 0.4) is 0 Å². The van der Waals surface area contributed by atoms with Crippen LogP contribution in [-0.2, 0) is 0 Å². The first-order valence-electron chi connectivity index (χ1n) is 6.65. The van der Waals surface area contributed by atoms with E-state index in [1.54, 1.807) is 0 Å². The Labute approximate surface area is 94.5 Å². The molecule has 0 unspecified atom stereocenters. The normalized spacial score (nSPS) is 36.7. The molecule has 0 fully saturated rings. The van der Waals surface area contributed by atoms with Gasteiger partial charge in [-0.15, -0.1) is 0 Å². The molecule has 0 aromatic rings. The number of allylic oxidation sites excluding steroid dienone is 4. The van der Waals surface area contributed by atoms with Crippen molar-refractivity contribution < 1.29 is 0 Å². The third-order valence-electron chi connectivity index (χ3n) is 4.14. The van der Waals surface area contributed by atoms with Crippen LogP contribution in [0.5, 0.6) is 0 Å². The molecule has 0 heteroatoms.